The van der Waals surface area contributed by atoms with Gasteiger partial charge in [0, 0.05) is 15.7 Å². The van der Waals surface area contributed by atoms with Crippen LogP contribution in [0.15, 0.2) is 34.8 Å². The predicted octanol–water partition coefficient (Wildman–Crippen LogP) is 3.94. The van der Waals surface area contributed by atoms with E-state index in [-0.39, 0.29) is 17.6 Å². The predicted molar refractivity (Wildman–Crippen MR) is 84.8 cm³/mol. The van der Waals surface area contributed by atoms with Crippen molar-refractivity contribution in [2.24, 2.45) is 0 Å². The number of carbonyl (C=O) groups is 1. The number of rotatable bonds is 3. The summed E-state index contributed by atoms with van der Waals surface area (Å²) in [7, 11) is 0. The summed E-state index contributed by atoms with van der Waals surface area (Å²) in [6, 6.07) is 7.27. The second-order valence-electron chi connectivity index (χ2n) is 4.94. The number of halogens is 2. The smallest absolute Gasteiger partial charge is 0.255 e. The number of benzene rings is 1. The van der Waals surface area contributed by atoms with Crippen LogP contribution in [0.3, 0.4) is 0 Å². The van der Waals surface area contributed by atoms with E-state index in [4.69, 9.17) is 5.73 Å². The van der Waals surface area contributed by atoms with Gasteiger partial charge in [0.2, 0.25) is 0 Å². The Bertz CT molecular complexity index is 689. The quantitative estimate of drug-likeness (QED) is 0.879. The normalized spacial score (nSPS) is 10.7. The lowest BCUT2D eigenvalue weighted by atomic mass is 10.1. The molecule has 110 valence electrons. The first-order chi connectivity index (χ1) is 9.86. The Morgan fingerprint density at radius 2 is 2.05 bits per heavy atom. The fourth-order valence-electron chi connectivity index (χ4n) is 1.79. The highest BCUT2D eigenvalue weighted by Gasteiger charge is 2.12. The van der Waals surface area contributed by atoms with Gasteiger partial charge in [-0.25, -0.2) is 9.37 Å². The lowest BCUT2D eigenvalue weighted by Crippen LogP contribution is -2.14. The zero-order valence-corrected chi connectivity index (χ0v) is 13.2. The van der Waals surface area contributed by atoms with Crippen LogP contribution < -0.4 is 11.1 Å². The van der Waals surface area contributed by atoms with Crippen molar-refractivity contribution in [3.63, 3.8) is 0 Å². The Morgan fingerprint density at radius 1 is 1.33 bits per heavy atom. The summed E-state index contributed by atoms with van der Waals surface area (Å²) in [5.74, 6) is -0.240. The lowest BCUT2D eigenvalue weighted by molar-refractivity contribution is 0.102. The Labute approximate surface area is 130 Å². The SMILES string of the molecule is CC(C)c1cc(C(=O)Nc2ccc(F)cc2Br)cc(N)n1. The third kappa shape index (κ3) is 3.78. The number of amides is 1. The molecule has 0 aliphatic carbocycles. The minimum absolute atomic E-state index is 0.164. The van der Waals surface area contributed by atoms with Gasteiger partial charge in [-0.2, -0.15) is 0 Å². The van der Waals surface area contributed by atoms with Gasteiger partial charge in [-0.05, 0) is 52.2 Å². The minimum atomic E-state index is -0.380. The molecule has 6 heteroatoms. The number of hydrogen-bond acceptors (Lipinski definition) is 3. The van der Waals surface area contributed by atoms with Crippen molar-refractivity contribution >= 4 is 33.3 Å². The van der Waals surface area contributed by atoms with E-state index in [9.17, 15) is 9.18 Å². The highest BCUT2D eigenvalue weighted by molar-refractivity contribution is 9.10. The third-order valence-corrected chi connectivity index (χ3v) is 3.55. The number of aromatic nitrogens is 1. The van der Waals surface area contributed by atoms with Gasteiger partial charge in [0.05, 0.1) is 5.69 Å². The zero-order valence-electron chi connectivity index (χ0n) is 11.7. The number of hydrogen-bond donors (Lipinski definition) is 2. The molecule has 1 aromatic heterocycles. The molecule has 0 fully saturated rings. The van der Waals surface area contributed by atoms with Gasteiger partial charge in [-0.15, -0.1) is 0 Å². The summed E-state index contributed by atoms with van der Waals surface area (Å²) in [4.78, 5) is 16.5. The lowest BCUT2D eigenvalue weighted by Gasteiger charge is -2.11. The molecule has 1 aromatic carbocycles. The van der Waals surface area contributed by atoms with Crippen LogP contribution in [0.5, 0.6) is 0 Å². The second-order valence-corrected chi connectivity index (χ2v) is 5.79. The molecule has 2 rings (SSSR count). The van der Waals surface area contributed by atoms with Crippen LogP contribution in [0, 0.1) is 5.82 Å². The zero-order chi connectivity index (χ0) is 15.6. The molecule has 2 aromatic rings. The topological polar surface area (TPSA) is 68.0 Å². The van der Waals surface area contributed by atoms with E-state index in [2.05, 4.69) is 26.2 Å². The number of carbonyl (C=O) groups excluding carboxylic acids is 1. The highest BCUT2D eigenvalue weighted by Crippen LogP contribution is 2.24. The van der Waals surface area contributed by atoms with Crippen molar-refractivity contribution < 1.29 is 9.18 Å². The summed E-state index contributed by atoms with van der Waals surface area (Å²) >= 11 is 3.21. The van der Waals surface area contributed by atoms with Crippen LogP contribution in [0.25, 0.3) is 0 Å². The molecule has 0 radical (unpaired) electrons. The van der Waals surface area contributed by atoms with Crippen LogP contribution >= 0.6 is 15.9 Å². The molecule has 3 N–H and O–H groups in total. The number of nitrogens with two attached hydrogens (primary N) is 1. The molecule has 0 bridgehead atoms. The first-order valence-corrected chi connectivity index (χ1v) is 7.20. The Balaban J connectivity index is 2.28. The van der Waals surface area contributed by atoms with Crippen molar-refractivity contribution in [2.75, 3.05) is 11.1 Å². The fourth-order valence-corrected chi connectivity index (χ4v) is 2.24. The molecule has 0 aliphatic rings. The van der Waals surface area contributed by atoms with Crippen molar-refractivity contribution in [1.82, 2.24) is 4.98 Å². The Hall–Kier alpha value is -1.95. The van der Waals surface area contributed by atoms with Crippen molar-refractivity contribution in [3.8, 4) is 0 Å². The molecule has 0 unspecified atom stereocenters. The molecule has 4 nitrogen and oxygen atoms in total. The summed E-state index contributed by atoms with van der Waals surface area (Å²) < 4.78 is 13.5. The molecule has 0 aliphatic heterocycles. The van der Waals surface area contributed by atoms with E-state index >= 15 is 0 Å². The molecular formula is C15H15BrFN3O. The molecule has 0 saturated heterocycles. The number of nitrogens with zero attached hydrogens (tertiary/aromatic N) is 1. The van der Waals surface area contributed by atoms with Crippen LogP contribution in [0.4, 0.5) is 15.9 Å². The first kappa shape index (κ1) is 15.4. The monoisotopic (exact) mass is 351 g/mol. The second kappa shape index (κ2) is 6.22. The highest BCUT2D eigenvalue weighted by atomic mass is 79.9. The van der Waals surface area contributed by atoms with Gasteiger partial charge >= 0.3 is 0 Å². The average Bonchev–Trinajstić information content (AvgIpc) is 2.41. The van der Waals surface area contributed by atoms with E-state index < -0.39 is 0 Å². The minimum Gasteiger partial charge on any atom is -0.384 e. The van der Waals surface area contributed by atoms with Gasteiger partial charge in [-0.3, -0.25) is 4.79 Å². The fraction of sp³-hybridized carbons (Fsp3) is 0.200. The van der Waals surface area contributed by atoms with E-state index in [1.165, 1.54) is 24.3 Å². The van der Waals surface area contributed by atoms with Crippen LogP contribution in [0.1, 0.15) is 35.8 Å². The number of nitrogens with one attached hydrogen (secondary N) is 1. The van der Waals surface area contributed by atoms with Crippen LogP contribution in [-0.4, -0.2) is 10.9 Å². The van der Waals surface area contributed by atoms with Crippen LogP contribution in [-0.2, 0) is 0 Å². The maximum absolute atomic E-state index is 13.0. The molecule has 1 amide bonds. The molecule has 0 atom stereocenters. The van der Waals surface area contributed by atoms with Gasteiger partial charge in [0.25, 0.3) is 5.91 Å². The van der Waals surface area contributed by atoms with Crippen molar-refractivity contribution in [2.45, 2.75) is 19.8 Å². The summed E-state index contributed by atoms with van der Waals surface area (Å²) in [6.07, 6.45) is 0. The van der Waals surface area contributed by atoms with Gasteiger partial charge in [-0.1, -0.05) is 13.8 Å². The van der Waals surface area contributed by atoms with Gasteiger partial charge in [0.1, 0.15) is 11.6 Å². The molecule has 0 spiro atoms. The molecule has 1 heterocycles. The first-order valence-electron chi connectivity index (χ1n) is 6.40. The van der Waals surface area contributed by atoms with Gasteiger partial charge in [0.15, 0.2) is 0 Å². The summed E-state index contributed by atoms with van der Waals surface area (Å²) in [6.45, 7) is 3.94. The van der Waals surface area contributed by atoms with Crippen molar-refractivity contribution in [1.29, 1.82) is 0 Å². The third-order valence-electron chi connectivity index (χ3n) is 2.90. The van der Waals surface area contributed by atoms with E-state index in [1.807, 2.05) is 13.8 Å². The Kier molecular flexibility index (Phi) is 4.57. The number of nitrogen functional groups attached to an aromatic ring is 1. The maximum Gasteiger partial charge on any atom is 0.255 e. The largest absolute Gasteiger partial charge is 0.384 e. The van der Waals surface area contributed by atoms with Crippen LogP contribution in [0.2, 0.25) is 0 Å². The number of pyridine rings is 1. The van der Waals surface area contributed by atoms with Crippen molar-refractivity contribution in [3.05, 3.63) is 51.9 Å². The summed E-state index contributed by atoms with van der Waals surface area (Å²) in [5, 5.41) is 2.71. The summed E-state index contributed by atoms with van der Waals surface area (Å²) in [5.41, 5.74) is 7.38. The molecule has 0 saturated carbocycles. The maximum atomic E-state index is 13.0. The molecular weight excluding hydrogens is 337 g/mol. The Morgan fingerprint density at radius 3 is 2.67 bits per heavy atom. The standard InChI is InChI=1S/C15H15BrFN3O/c1-8(2)13-5-9(6-14(18)19-13)15(21)20-12-4-3-10(17)7-11(12)16/h3-8H,1-2H3,(H2,18,19)(H,20,21). The van der Waals surface area contributed by atoms with E-state index in [0.717, 1.165) is 5.69 Å². The van der Waals surface area contributed by atoms with Gasteiger partial charge < -0.3 is 11.1 Å². The molecule has 21 heavy (non-hydrogen) atoms. The average molecular weight is 352 g/mol. The van der Waals surface area contributed by atoms with E-state index in [1.54, 1.807) is 6.07 Å². The number of anilines is 2. The van der Waals surface area contributed by atoms with E-state index in [0.29, 0.717) is 21.5 Å².